The fourth-order valence-corrected chi connectivity index (χ4v) is 1.13. The number of nitrogens with zero attached hydrogens (tertiary/aromatic N) is 1. The third kappa shape index (κ3) is 2.02. The van der Waals surface area contributed by atoms with Crippen molar-refractivity contribution in [3.63, 3.8) is 0 Å². The summed E-state index contributed by atoms with van der Waals surface area (Å²) in [6.07, 6.45) is -0.817. The lowest BCUT2D eigenvalue weighted by Crippen LogP contribution is -2.24. The van der Waals surface area contributed by atoms with Crippen molar-refractivity contribution in [3.05, 3.63) is 29.3 Å². The first-order chi connectivity index (χ1) is 6.56. The zero-order valence-electron chi connectivity index (χ0n) is 7.81. The number of benzene rings is 1. The summed E-state index contributed by atoms with van der Waals surface area (Å²) in [7, 11) is 0. The van der Waals surface area contributed by atoms with Gasteiger partial charge in [0, 0.05) is 6.04 Å². The molecule has 0 saturated heterocycles. The van der Waals surface area contributed by atoms with Gasteiger partial charge in [-0.15, -0.1) is 0 Å². The van der Waals surface area contributed by atoms with Gasteiger partial charge >= 0.3 is 0 Å². The first-order valence-electron chi connectivity index (χ1n) is 4.23. The smallest absolute Gasteiger partial charge is 0.133 e. The molecule has 0 spiro atoms. The van der Waals surface area contributed by atoms with Crippen LogP contribution in [0.1, 0.15) is 24.2 Å². The predicted octanol–water partition coefficient (Wildman–Crippen LogP) is 0.644. The molecule has 1 rings (SSSR count). The largest absolute Gasteiger partial charge is 0.507 e. The van der Waals surface area contributed by atoms with Crippen molar-refractivity contribution in [3.8, 4) is 11.8 Å². The number of aromatic hydroxyl groups is 1. The maximum atomic E-state index is 9.59. The SMILES string of the molecule is CC(N)C(O)c1ccc(O)c(C#N)c1. The molecule has 74 valence electrons. The molecule has 0 heterocycles. The standard InChI is InChI=1S/C10H12N2O2/c1-6(12)10(14)7-2-3-9(13)8(4-7)5-11/h2-4,6,10,13-14H,12H2,1H3. The average Bonchev–Trinajstić information content (AvgIpc) is 2.17. The minimum Gasteiger partial charge on any atom is -0.507 e. The zero-order chi connectivity index (χ0) is 10.7. The van der Waals surface area contributed by atoms with Gasteiger partial charge in [-0.05, 0) is 24.6 Å². The second-order valence-electron chi connectivity index (χ2n) is 3.19. The van der Waals surface area contributed by atoms with Crippen molar-refractivity contribution in [2.24, 2.45) is 5.73 Å². The van der Waals surface area contributed by atoms with E-state index in [1.807, 2.05) is 6.07 Å². The molecule has 0 aromatic heterocycles. The average molecular weight is 192 g/mol. The molecule has 0 aliphatic carbocycles. The Hall–Kier alpha value is -1.57. The number of phenolic OH excluding ortho intramolecular Hbond substituents is 1. The van der Waals surface area contributed by atoms with E-state index in [0.717, 1.165) is 0 Å². The fourth-order valence-electron chi connectivity index (χ4n) is 1.13. The topological polar surface area (TPSA) is 90.3 Å². The monoisotopic (exact) mass is 192 g/mol. The Balaban J connectivity index is 3.08. The van der Waals surface area contributed by atoms with Crippen LogP contribution in [0.5, 0.6) is 5.75 Å². The van der Waals surface area contributed by atoms with E-state index in [2.05, 4.69) is 0 Å². The highest BCUT2D eigenvalue weighted by atomic mass is 16.3. The van der Waals surface area contributed by atoms with Crippen LogP contribution in [0.2, 0.25) is 0 Å². The highest BCUT2D eigenvalue weighted by Gasteiger charge is 2.13. The molecule has 1 aromatic rings. The number of aliphatic hydroxyl groups is 1. The van der Waals surface area contributed by atoms with Crippen LogP contribution < -0.4 is 5.73 Å². The molecule has 0 fully saturated rings. The summed E-state index contributed by atoms with van der Waals surface area (Å²) in [4.78, 5) is 0. The molecule has 0 radical (unpaired) electrons. The van der Waals surface area contributed by atoms with Gasteiger partial charge in [0.2, 0.25) is 0 Å². The lowest BCUT2D eigenvalue weighted by atomic mass is 10.0. The Kier molecular flexibility index (Phi) is 3.07. The summed E-state index contributed by atoms with van der Waals surface area (Å²) >= 11 is 0. The Morgan fingerprint density at radius 2 is 2.14 bits per heavy atom. The Morgan fingerprint density at radius 3 is 2.64 bits per heavy atom. The summed E-state index contributed by atoms with van der Waals surface area (Å²) in [6, 6.07) is 5.77. The van der Waals surface area contributed by atoms with E-state index in [1.54, 1.807) is 13.0 Å². The number of nitrogens with two attached hydrogens (primary N) is 1. The van der Waals surface area contributed by atoms with Gasteiger partial charge < -0.3 is 15.9 Å². The Bertz CT molecular complexity index is 369. The van der Waals surface area contributed by atoms with Crippen molar-refractivity contribution in [1.82, 2.24) is 0 Å². The number of phenols is 1. The van der Waals surface area contributed by atoms with Gasteiger partial charge in [-0.1, -0.05) is 6.07 Å². The molecule has 4 heteroatoms. The van der Waals surface area contributed by atoms with Crippen molar-refractivity contribution in [1.29, 1.82) is 5.26 Å². The van der Waals surface area contributed by atoms with Gasteiger partial charge in [-0.25, -0.2) is 0 Å². The molecule has 2 unspecified atom stereocenters. The maximum Gasteiger partial charge on any atom is 0.133 e. The van der Waals surface area contributed by atoms with Crippen molar-refractivity contribution in [2.45, 2.75) is 19.1 Å². The Labute approximate surface area is 82.2 Å². The van der Waals surface area contributed by atoms with Gasteiger partial charge in [0.1, 0.15) is 11.8 Å². The van der Waals surface area contributed by atoms with Crippen molar-refractivity contribution in [2.75, 3.05) is 0 Å². The highest BCUT2D eigenvalue weighted by Crippen LogP contribution is 2.22. The molecule has 2 atom stereocenters. The van der Waals surface area contributed by atoms with Gasteiger partial charge in [0.05, 0.1) is 11.7 Å². The third-order valence-electron chi connectivity index (χ3n) is 1.98. The van der Waals surface area contributed by atoms with Crippen LogP contribution >= 0.6 is 0 Å². The second-order valence-corrected chi connectivity index (χ2v) is 3.19. The van der Waals surface area contributed by atoms with E-state index in [-0.39, 0.29) is 11.3 Å². The molecule has 0 saturated carbocycles. The van der Waals surface area contributed by atoms with E-state index >= 15 is 0 Å². The molecule has 0 aliphatic rings. The highest BCUT2D eigenvalue weighted by molar-refractivity contribution is 5.45. The van der Waals surface area contributed by atoms with Crippen LogP contribution in [0.3, 0.4) is 0 Å². The van der Waals surface area contributed by atoms with Crippen LogP contribution in [0.4, 0.5) is 0 Å². The van der Waals surface area contributed by atoms with Crippen molar-refractivity contribution >= 4 is 0 Å². The van der Waals surface area contributed by atoms with E-state index in [0.29, 0.717) is 5.56 Å². The zero-order valence-corrected chi connectivity index (χ0v) is 7.81. The van der Waals surface area contributed by atoms with Gasteiger partial charge in [-0.2, -0.15) is 5.26 Å². The van der Waals surface area contributed by atoms with Crippen LogP contribution in [0.25, 0.3) is 0 Å². The van der Waals surface area contributed by atoms with Crippen molar-refractivity contribution < 1.29 is 10.2 Å². The fraction of sp³-hybridized carbons (Fsp3) is 0.300. The van der Waals surface area contributed by atoms with E-state index in [9.17, 15) is 10.2 Å². The molecule has 14 heavy (non-hydrogen) atoms. The number of aliphatic hydroxyl groups excluding tert-OH is 1. The van der Waals surface area contributed by atoms with E-state index in [4.69, 9.17) is 11.0 Å². The van der Waals surface area contributed by atoms with E-state index in [1.165, 1.54) is 12.1 Å². The summed E-state index contributed by atoms with van der Waals surface area (Å²) in [5.41, 5.74) is 6.18. The van der Waals surface area contributed by atoms with Crippen LogP contribution in [-0.2, 0) is 0 Å². The predicted molar refractivity (Wildman–Crippen MR) is 51.4 cm³/mol. The number of hydrogen-bond acceptors (Lipinski definition) is 4. The summed E-state index contributed by atoms with van der Waals surface area (Å²) in [5.74, 6) is -0.0897. The van der Waals surface area contributed by atoms with E-state index < -0.39 is 12.1 Å². The molecule has 1 aromatic carbocycles. The number of rotatable bonds is 2. The van der Waals surface area contributed by atoms with Crippen LogP contribution in [-0.4, -0.2) is 16.3 Å². The first kappa shape index (κ1) is 10.5. The second kappa shape index (κ2) is 4.09. The van der Waals surface area contributed by atoms with Gasteiger partial charge in [0.25, 0.3) is 0 Å². The lowest BCUT2D eigenvalue weighted by molar-refractivity contribution is 0.153. The molecule has 4 nitrogen and oxygen atoms in total. The maximum absolute atomic E-state index is 9.59. The van der Waals surface area contributed by atoms with Crippen LogP contribution in [0, 0.1) is 11.3 Å². The summed E-state index contributed by atoms with van der Waals surface area (Å²) < 4.78 is 0. The van der Waals surface area contributed by atoms with Crippen LogP contribution in [0.15, 0.2) is 18.2 Å². The lowest BCUT2D eigenvalue weighted by Gasteiger charge is -2.14. The minimum absolute atomic E-state index is 0.0897. The Morgan fingerprint density at radius 1 is 1.50 bits per heavy atom. The minimum atomic E-state index is -0.817. The molecular weight excluding hydrogens is 180 g/mol. The molecule has 0 aliphatic heterocycles. The molecule has 4 N–H and O–H groups in total. The molecule has 0 bridgehead atoms. The number of hydrogen-bond donors (Lipinski definition) is 3. The first-order valence-corrected chi connectivity index (χ1v) is 4.23. The quantitative estimate of drug-likeness (QED) is 0.641. The summed E-state index contributed by atoms with van der Waals surface area (Å²) in [5, 5.41) is 27.5. The van der Waals surface area contributed by atoms with Gasteiger partial charge in [0.15, 0.2) is 0 Å². The normalized spacial score (nSPS) is 14.4. The van der Waals surface area contributed by atoms with Gasteiger partial charge in [-0.3, -0.25) is 0 Å². The molecule has 0 amide bonds. The third-order valence-corrected chi connectivity index (χ3v) is 1.98. The number of nitriles is 1. The molecular formula is C10H12N2O2. The summed E-state index contributed by atoms with van der Waals surface area (Å²) in [6.45, 7) is 1.67.